The van der Waals surface area contributed by atoms with E-state index in [9.17, 15) is 0 Å². The third-order valence-electron chi connectivity index (χ3n) is 1.60. The molecule has 0 aliphatic heterocycles. The molecule has 0 aromatic carbocycles. The number of rotatable bonds is 3. The molecule has 4 heteroatoms. The Morgan fingerprint density at radius 3 is 3.08 bits per heavy atom. The van der Waals surface area contributed by atoms with Crippen LogP contribution < -0.4 is 5.32 Å². The van der Waals surface area contributed by atoms with Crippen LogP contribution in [0.25, 0.3) is 0 Å². The molecule has 1 N–H and O–H groups in total. The quantitative estimate of drug-likeness (QED) is 0.771. The molecule has 0 radical (unpaired) electrons. The topological polar surface area (TPSA) is 51.0 Å². The van der Waals surface area contributed by atoms with Crippen molar-refractivity contribution in [2.75, 3.05) is 5.32 Å². The lowest BCUT2D eigenvalue weighted by Gasteiger charge is -1.99. The fourth-order valence-corrected chi connectivity index (χ4v) is 0.991. The van der Waals surface area contributed by atoms with Crippen LogP contribution in [-0.4, -0.2) is 9.97 Å². The lowest BCUT2D eigenvalue weighted by molar-refractivity contribution is 0.571. The second kappa shape index (κ2) is 3.71. The zero-order chi connectivity index (χ0) is 8.93. The van der Waals surface area contributed by atoms with E-state index in [-0.39, 0.29) is 0 Å². The first-order chi connectivity index (χ1) is 6.45. The summed E-state index contributed by atoms with van der Waals surface area (Å²) >= 11 is 0. The first-order valence-electron chi connectivity index (χ1n) is 3.97. The number of aromatic nitrogens is 2. The smallest absolute Gasteiger partial charge is 0.294 e. The molecule has 0 saturated heterocycles. The molecule has 4 nitrogen and oxygen atoms in total. The number of hydrogen-bond donors (Lipinski definition) is 1. The minimum absolute atomic E-state index is 0.531. The van der Waals surface area contributed by atoms with Gasteiger partial charge in [-0.3, -0.25) is 4.98 Å². The maximum absolute atomic E-state index is 5.01. The van der Waals surface area contributed by atoms with Gasteiger partial charge in [0.2, 0.25) is 0 Å². The number of nitrogens with one attached hydrogen (secondary N) is 1. The Balaban J connectivity index is 1.94. The van der Waals surface area contributed by atoms with Crippen LogP contribution in [0, 0.1) is 0 Å². The Kier molecular flexibility index (Phi) is 2.22. The molecule has 0 unspecified atom stereocenters. The van der Waals surface area contributed by atoms with Gasteiger partial charge in [0.05, 0.1) is 6.20 Å². The summed E-state index contributed by atoms with van der Waals surface area (Å²) in [5.41, 5.74) is 1.10. The van der Waals surface area contributed by atoms with E-state index < -0.39 is 0 Å². The number of pyridine rings is 1. The van der Waals surface area contributed by atoms with E-state index in [1.54, 1.807) is 18.6 Å². The van der Waals surface area contributed by atoms with Gasteiger partial charge < -0.3 is 9.73 Å². The van der Waals surface area contributed by atoms with Crippen molar-refractivity contribution in [3.63, 3.8) is 0 Å². The van der Waals surface area contributed by atoms with Gasteiger partial charge in [-0.25, -0.2) is 4.98 Å². The first kappa shape index (κ1) is 7.79. The van der Waals surface area contributed by atoms with Crippen molar-refractivity contribution in [3.8, 4) is 0 Å². The average molecular weight is 175 g/mol. The summed E-state index contributed by atoms with van der Waals surface area (Å²) < 4.78 is 5.01. The summed E-state index contributed by atoms with van der Waals surface area (Å²) in [6, 6.07) is 4.42. The molecular weight excluding hydrogens is 166 g/mol. The molecule has 2 heterocycles. The van der Waals surface area contributed by atoms with Gasteiger partial charge in [-0.05, 0) is 11.6 Å². The van der Waals surface area contributed by atoms with Crippen LogP contribution in [0.5, 0.6) is 0 Å². The van der Waals surface area contributed by atoms with E-state index in [1.165, 1.54) is 6.26 Å². The number of nitrogens with zero attached hydrogens (tertiary/aromatic N) is 2. The van der Waals surface area contributed by atoms with Gasteiger partial charge in [-0.15, -0.1) is 0 Å². The fraction of sp³-hybridized carbons (Fsp3) is 0.111. The molecule has 13 heavy (non-hydrogen) atoms. The Labute approximate surface area is 75.6 Å². The maximum Gasteiger partial charge on any atom is 0.294 e. The molecule has 0 atom stereocenters. The van der Waals surface area contributed by atoms with Gasteiger partial charge in [-0.1, -0.05) is 6.07 Å². The van der Waals surface area contributed by atoms with Crippen molar-refractivity contribution in [1.29, 1.82) is 0 Å². The van der Waals surface area contributed by atoms with E-state index in [0.717, 1.165) is 5.56 Å². The molecule has 0 fully saturated rings. The zero-order valence-corrected chi connectivity index (χ0v) is 6.97. The normalized spacial score (nSPS) is 9.85. The summed E-state index contributed by atoms with van der Waals surface area (Å²) in [5.74, 6) is 0. The minimum Gasteiger partial charge on any atom is -0.432 e. The van der Waals surface area contributed by atoms with Crippen molar-refractivity contribution in [3.05, 3.63) is 42.5 Å². The van der Waals surface area contributed by atoms with E-state index in [4.69, 9.17) is 4.42 Å². The maximum atomic E-state index is 5.01. The third-order valence-corrected chi connectivity index (χ3v) is 1.60. The molecule has 0 amide bonds. The van der Waals surface area contributed by atoms with Crippen molar-refractivity contribution in [2.45, 2.75) is 6.54 Å². The van der Waals surface area contributed by atoms with Gasteiger partial charge in [0.15, 0.2) is 0 Å². The predicted octanol–water partition coefficient (Wildman–Crippen LogP) is 1.68. The van der Waals surface area contributed by atoms with Gasteiger partial charge in [0, 0.05) is 18.9 Å². The van der Waals surface area contributed by atoms with Crippen molar-refractivity contribution in [1.82, 2.24) is 9.97 Å². The molecule has 2 aromatic rings. The predicted molar refractivity (Wildman–Crippen MR) is 48.1 cm³/mol. The van der Waals surface area contributed by atoms with Gasteiger partial charge in [0.1, 0.15) is 6.26 Å². The lowest BCUT2D eigenvalue weighted by Crippen LogP contribution is -1.99. The Hall–Kier alpha value is -1.84. The zero-order valence-electron chi connectivity index (χ0n) is 6.97. The van der Waals surface area contributed by atoms with Crippen LogP contribution in [0.15, 0.2) is 41.4 Å². The molecule has 2 aromatic heterocycles. The summed E-state index contributed by atoms with van der Waals surface area (Å²) in [6.07, 6.45) is 6.68. The van der Waals surface area contributed by atoms with Crippen LogP contribution >= 0.6 is 0 Å². The largest absolute Gasteiger partial charge is 0.432 e. The Morgan fingerprint density at radius 2 is 2.38 bits per heavy atom. The highest BCUT2D eigenvalue weighted by atomic mass is 16.4. The molecule has 0 aliphatic carbocycles. The standard InChI is InChI=1S/C9H9N3O/c1-2-8(6-10-3-1)7-12-9-11-4-5-13-9/h1-6H,7H2,(H,11,12). The Morgan fingerprint density at radius 1 is 1.38 bits per heavy atom. The van der Waals surface area contributed by atoms with Crippen LogP contribution in [0.4, 0.5) is 6.01 Å². The summed E-state index contributed by atoms with van der Waals surface area (Å²) in [6.45, 7) is 0.675. The van der Waals surface area contributed by atoms with Crippen molar-refractivity contribution >= 4 is 6.01 Å². The molecule has 2 rings (SSSR count). The van der Waals surface area contributed by atoms with E-state index in [0.29, 0.717) is 12.6 Å². The highest BCUT2D eigenvalue weighted by molar-refractivity contribution is 5.21. The van der Waals surface area contributed by atoms with E-state index >= 15 is 0 Å². The molecular formula is C9H9N3O. The summed E-state index contributed by atoms with van der Waals surface area (Å²) in [5, 5.41) is 3.02. The SMILES string of the molecule is c1cncc(CNc2ncco2)c1. The first-order valence-corrected chi connectivity index (χ1v) is 3.97. The van der Waals surface area contributed by atoms with Gasteiger partial charge >= 0.3 is 0 Å². The third kappa shape index (κ3) is 2.05. The second-order valence-corrected chi connectivity index (χ2v) is 2.55. The van der Waals surface area contributed by atoms with Crippen molar-refractivity contribution in [2.24, 2.45) is 0 Å². The lowest BCUT2D eigenvalue weighted by atomic mass is 10.3. The van der Waals surface area contributed by atoms with Crippen LogP contribution in [-0.2, 0) is 6.54 Å². The summed E-state index contributed by atoms with van der Waals surface area (Å²) in [4.78, 5) is 7.93. The molecule has 0 spiro atoms. The average Bonchev–Trinajstić information content (AvgIpc) is 2.69. The van der Waals surface area contributed by atoms with Crippen molar-refractivity contribution < 1.29 is 4.42 Å². The fourth-order valence-electron chi connectivity index (χ4n) is 0.991. The second-order valence-electron chi connectivity index (χ2n) is 2.55. The molecule has 66 valence electrons. The highest BCUT2D eigenvalue weighted by Gasteiger charge is 1.95. The van der Waals surface area contributed by atoms with Gasteiger partial charge in [0.25, 0.3) is 6.01 Å². The van der Waals surface area contributed by atoms with Crippen LogP contribution in [0.1, 0.15) is 5.56 Å². The number of anilines is 1. The Bertz CT molecular complexity index is 344. The van der Waals surface area contributed by atoms with E-state index in [2.05, 4.69) is 15.3 Å². The molecule has 0 saturated carbocycles. The van der Waals surface area contributed by atoms with Crippen LogP contribution in [0.2, 0.25) is 0 Å². The highest BCUT2D eigenvalue weighted by Crippen LogP contribution is 2.04. The number of hydrogen-bond acceptors (Lipinski definition) is 4. The number of oxazole rings is 1. The van der Waals surface area contributed by atoms with Crippen LogP contribution in [0.3, 0.4) is 0 Å². The summed E-state index contributed by atoms with van der Waals surface area (Å²) in [7, 11) is 0. The monoisotopic (exact) mass is 175 g/mol. The van der Waals surface area contributed by atoms with E-state index in [1.807, 2.05) is 12.1 Å². The van der Waals surface area contributed by atoms with Gasteiger partial charge in [-0.2, -0.15) is 0 Å². The minimum atomic E-state index is 0.531. The molecule has 0 bridgehead atoms. The molecule has 0 aliphatic rings.